The molecule has 1 heterocycles. The van der Waals surface area contributed by atoms with Gasteiger partial charge in [0.05, 0.1) is 7.11 Å². The van der Waals surface area contributed by atoms with Crippen molar-refractivity contribution in [3.63, 3.8) is 0 Å². The van der Waals surface area contributed by atoms with Gasteiger partial charge in [-0.05, 0) is 18.2 Å². The summed E-state index contributed by atoms with van der Waals surface area (Å²) in [7, 11) is 3.44. The highest BCUT2D eigenvalue weighted by Gasteiger charge is 2.20. The number of nitrogens with zero attached hydrogens (tertiary/aromatic N) is 3. The summed E-state index contributed by atoms with van der Waals surface area (Å²) in [6.07, 6.45) is 0. The predicted molar refractivity (Wildman–Crippen MR) is 103 cm³/mol. The molecule has 0 atom stereocenters. The van der Waals surface area contributed by atoms with Crippen LogP contribution in [-0.2, 0) is 6.54 Å². The van der Waals surface area contributed by atoms with Crippen molar-refractivity contribution in [3.8, 4) is 5.75 Å². The van der Waals surface area contributed by atoms with E-state index < -0.39 is 0 Å². The van der Waals surface area contributed by atoms with Gasteiger partial charge in [-0.3, -0.25) is 4.99 Å². The van der Waals surface area contributed by atoms with Gasteiger partial charge < -0.3 is 19.9 Å². The van der Waals surface area contributed by atoms with Gasteiger partial charge in [-0.2, -0.15) is 0 Å². The van der Waals surface area contributed by atoms with Gasteiger partial charge in [0.15, 0.2) is 5.96 Å². The van der Waals surface area contributed by atoms with Gasteiger partial charge >= 0.3 is 0 Å². The molecule has 0 unspecified atom stereocenters. The lowest BCUT2D eigenvalue weighted by atomic mass is 10.2. The first-order chi connectivity index (χ1) is 12.7. The highest BCUT2D eigenvalue weighted by molar-refractivity contribution is 5.80. The number of hydrogen-bond donors (Lipinski definition) is 1. The summed E-state index contributed by atoms with van der Waals surface area (Å²) in [6, 6.07) is 14.9. The van der Waals surface area contributed by atoms with Gasteiger partial charge in [0, 0.05) is 57.1 Å². The van der Waals surface area contributed by atoms with Crippen molar-refractivity contribution >= 4 is 11.6 Å². The number of guanidine groups is 1. The Morgan fingerprint density at radius 1 is 1.12 bits per heavy atom. The van der Waals surface area contributed by atoms with Crippen molar-refractivity contribution in [2.24, 2.45) is 4.99 Å². The molecule has 2 aromatic carbocycles. The van der Waals surface area contributed by atoms with Crippen molar-refractivity contribution in [3.05, 3.63) is 59.9 Å². The molecule has 0 saturated carbocycles. The number of benzene rings is 2. The van der Waals surface area contributed by atoms with Crippen LogP contribution >= 0.6 is 0 Å². The number of hydrogen-bond acceptors (Lipinski definition) is 3. The second kappa shape index (κ2) is 8.56. The van der Waals surface area contributed by atoms with E-state index in [1.807, 2.05) is 18.2 Å². The molecule has 26 heavy (non-hydrogen) atoms. The lowest BCUT2D eigenvalue weighted by Crippen LogP contribution is -2.52. The lowest BCUT2D eigenvalue weighted by Gasteiger charge is -2.37. The zero-order valence-corrected chi connectivity index (χ0v) is 15.3. The van der Waals surface area contributed by atoms with E-state index in [4.69, 9.17) is 4.74 Å². The lowest BCUT2D eigenvalue weighted by molar-refractivity contribution is 0.371. The van der Waals surface area contributed by atoms with Gasteiger partial charge in [-0.1, -0.05) is 24.3 Å². The van der Waals surface area contributed by atoms with Crippen molar-refractivity contribution in [2.75, 3.05) is 45.2 Å². The molecule has 1 fully saturated rings. The van der Waals surface area contributed by atoms with E-state index in [0.717, 1.165) is 37.9 Å². The standard InChI is InChI=1S/C20H25FN4O/c1-22-20(23-15-16-6-3-4-9-19(16)21)25-12-10-24(11-13-25)17-7-5-8-18(14-17)26-2/h3-9,14H,10-13,15H2,1-2H3,(H,22,23). The molecule has 1 aliphatic rings. The summed E-state index contributed by atoms with van der Waals surface area (Å²) in [4.78, 5) is 8.89. The van der Waals surface area contributed by atoms with Crippen LogP contribution in [0.2, 0.25) is 0 Å². The minimum Gasteiger partial charge on any atom is -0.497 e. The third-order valence-corrected chi connectivity index (χ3v) is 4.60. The molecule has 3 rings (SSSR count). The van der Waals surface area contributed by atoms with Crippen LogP contribution in [0.4, 0.5) is 10.1 Å². The van der Waals surface area contributed by atoms with E-state index in [2.05, 4.69) is 32.2 Å². The van der Waals surface area contributed by atoms with Crippen LogP contribution in [0, 0.1) is 5.82 Å². The maximum Gasteiger partial charge on any atom is 0.194 e. The van der Waals surface area contributed by atoms with Gasteiger partial charge in [0.25, 0.3) is 0 Å². The monoisotopic (exact) mass is 356 g/mol. The second-order valence-corrected chi connectivity index (χ2v) is 6.17. The van der Waals surface area contributed by atoms with Crippen molar-refractivity contribution in [1.29, 1.82) is 0 Å². The third-order valence-electron chi connectivity index (χ3n) is 4.60. The van der Waals surface area contributed by atoms with Crippen LogP contribution in [0.25, 0.3) is 0 Å². The van der Waals surface area contributed by atoms with E-state index in [9.17, 15) is 4.39 Å². The summed E-state index contributed by atoms with van der Waals surface area (Å²) < 4.78 is 19.1. The Kier molecular flexibility index (Phi) is 5.94. The van der Waals surface area contributed by atoms with Crippen LogP contribution in [0.15, 0.2) is 53.5 Å². The van der Waals surface area contributed by atoms with E-state index >= 15 is 0 Å². The van der Waals surface area contributed by atoms with Gasteiger partial charge in [0.1, 0.15) is 11.6 Å². The van der Waals surface area contributed by atoms with Crippen LogP contribution in [-0.4, -0.2) is 51.2 Å². The SMILES string of the molecule is CN=C(NCc1ccccc1F)N1CCN(c2cccc(OC)c2)CC1. The van der Waals surface area contributed by atoms with Crippen molar-refractivity contribution in [1.82, 2.24) is 10.2 Å². The Balaban J connectivity index is 1.56. The number of halogens is 1. The fourth-order valence-corrected chi connectivity index (χ4v) is 3.13. The quantitative estimate of drug-likeness (QED) is 0.676. The molecule has 0 amide bonds. The van der Waals surface area contributed by atoms with Gasteiger partial charge in [0.2, 0.25) is 0 Å². The van der Waals surface area contributed by atoms with Crippen LogP contribution < -0.4 is 15.0 Å². The topological polar surface area (TPSA) is 40.1 Å². The highest BCUT2D eigenvalue weighted by Crippen LogP contribution is 2.22. The average Bonchev–Trinajstić information content (AvgIpc) is 2.70. The smallest absolute Gasteiger partial charge is 0.194 e. The van der Waals surface area contributed by atoms with E-state index in [-0.39, 0.29) is 5.82 Å². The molecule has 0 bridgehead atoms. The van der Waals surface area contributed by atoms with E-state index in [1.165, 1.54) is 11.8 Å². The predicted octanol–water partition coefficient (Wildman–Crippen LogP) is 2.73. The molecule has 0 aromatic heterocycles. The summed E-state index contributed by atoms with van der Waals surface area (Å²) in [5, 5.41) is 3.27. The van der Waals surface area contributed by atoms with Crippen LogP contribution in [0.1, 0.15) is 5.56 Å². The number of piperazine rings is 1. The second-order valence-electron chi connectivity index (χ2n) is 6.17. The number of anilines is 1. The summed E-state index contributed by atoms with van der Waals surface area (Å²) in [5.41, 5.74) is 1.81. The maximum atomic E-state index is 13.8. The molecule has 138 valence electrons. The largest absolute Gasteiger partial charge is 0.497 e. The Morgan fingerprint density at radius 3 is 2.58 bits per heavy atom. The molecule has 1 aliphatic heterocycles. The first-order valence-electron chi connectivity index (χ1n) is 8.79. The molecule has 0 aliphatic carbocycles. The van der Waals surface area contributed by atoms with Crippen LogP contribution in [0.3, 0.4) is 0 Å². The molecular weight excluding hydrogens is 331 g/mol. The molecule has 0 spiro atoms. The Hall–Kier alpha value is -2.76. The van der Waals surface area contributed by atoms with Crippen molar-refractivity contribution in [2.45, 2.75) is 6.54 Å². The molecule has 0 radical (unpaired) electrons. The van der Waals surface area contributed by atoms with Crippen LogP contribution in [0.5, 0.6) is 5.75 Å². The minimum absolute atomic E-state index is 0.196. The number of ether oxygens (including phenoxy) is 1. The first kappa shape index (κ1) is 18.0. The number of aliphatic imine (C=N–C) groups is 1. The Morgan fingerprint density at radius 2 is 1.88 bits per heavy atom. The normalized spacial score (nSPS) is 15.1. The zero-order valence-electron chi connectivity index (χ0n) is 15.3. The van der Waals surface area contributed by atoms with E-state index in [0.29, 0.717) is 12.1 Å². The maximum absolute atomic E-state index is 13.8. The number of nitrogens with one attached hydrogen (secondary N) is 1. The number of methoxy groups -OCH3 is 1. The minimum atomic E-state index is -0.196. The summed E-state index contributed by atoms with van der Waals surface area (Å²) in [6.45, 7) is 3.93. The molecule has 1 N–H and O–H groups in total. The highest BCUT2D eigenvalue weighted by atomic mass is 19.1. The molecule has 2 aromatic rings. The summed E-state index contributed by atoms with van der Waals surface area (Å²) >= 11 is 0. The fraction of sp³-hybridized carbons (Fsp3) is 0.350. The Labute approximate surface area is 154 Å². The van der Waals surface area contributed by atoms with E-state index in [1.54, 1.807) is 26.3 Å². The van der Waals surface area contributed by atoms with Crippen molar-refractivity contribution < 1.29 is 9.13 Å². The Bertz CT molecular complexity index is 757. The first-order valence-corrected chi connectivity index (χ1v) is 8.79. The van der Waals surface area contributed by atoms with Gasteiger partial charge in [-0.15, -0.1) is 0 Å². The third kappa shape index (κ3) is 4.25. The molecule has 5 nitrogen and oxygen atoms in total. The summed E-state index contributed by atoms with van der Waals surface area (Å²) in [5.74, 6) is 1.48. The molecule has 6 heteroatoms. The zero-order chi connectivity index (χ0) is 18.4. The van der Waals surface area contributed by atoms with Gasteiger partial charge in [-0.25, -0.2) is 4.39 Å². The number of rotatable bonds is 4. The molecule has 1 saturated heterocycles. The average molecular weight is 356 g/mol. The molecular formula is C20H25FN4O. The fourth-order valence-electron chi connectivity index (χ4n) is 3.13.